The van der Waals surface area contributed by atoms with Crippen molar-refractivity contribution >= 4 is 11.4 Å². The number of hydrogen-bond acceptors (Lipinski definition) is 3. The van der Waals surface area contributed by atoms with Gasteiger partial charge in [-0.2, -0.15) is 5.10 Å². The summed E-state index contributed by atoms with van der Waals surface area (Å²) >= 11 is 0. The quantitative estimate of drug-likeness (QED) is 0.882. The zero-order chi connectivity index (χ0) is 12.4. The van der Waals surface area contributed by atoms with E-state index in [-0.39, 0.29) is 0 Å². The van der Waals surface area contributed by atoms with Gasteiger partial charge in [0.05, 0.1) is 24.2 Å². The molecular formula is C13H17N3O. The van der Waals surface area contributed by atoms with Crippen molar-refractivity contribution < 1.29 is 4.74 Å². The van der Waals surface area contributed by atoms with Crippen molar-refractivity contribution in [2.75, 3.05) is 12.4 Å². The standard InChI is InChI=1S/C13H17N3O/c1-9-13(10(2)16(3)15-9)14-11-6-5-7-12(8-11)17-4/h5-8,14H,1-4H3. The van der Waals surface area contributed by atoms with Crippen molar-refractivity contribution in [3.63, 3.8) is 0 Å². The Morgan fingerprint density at radius 1 is 1.29 bits per heavy atom. The molecule has 4 nitrogen and oxygen atoms in total. The number of hydrogen-bond donors (Lipinski definition) is 1. The maximum absolute atomic E-state index is 5.20. The summed E-state index contributed by atoms with van der Waals surface area (Å²) in [6.45, 7) is 4.04. The summed E-state index contributed by atoms with van der Waals surface area (Å²) < 4.78 is 7.07. The van der Waals surface area contributed by atoms with Crippen LogP contribution >= 0.6 is 0 Å². The number of rotatable bonds is 3. The zero-order valence-electron chi connectivity index (χ0n) is 10.6. The second-order valence-corrected chi connectivity index (χ2v) is 4.03. The second kappa shape index (κ2) is 4.49. The number of anilines is 2. The molecule has 0 bridgehead atoms. The lowest BCUT2D eigenvalue weighted by Gasteiger charge is -2.08. The van der Waals surface area contributed by atoms with Crippen LogP contribution < -0.4 is 10.1 Å². The Balaban J connectivity index is 2.31. The zero-order valence-corrected chi connectivity index (χ0v) is 10.6. The Labute approximate surface area is 101 Å². The number of nitrogens with one attached hydrogen (secondary N) is 1. The van der Waals surface area contributed by atoms with Crippen LogP contribution in [0.4, 0.5) is 11.4 Å². The minimum absolute atomic E-state index is 0.842. The number of methoxy groups -OCH3 is 1. The lowest BCUT2D eigenvalue weighted by atomic mass is 10.2. The van der Waals surface area contributed by atoms with Gasteiger partial charge in [-0.1, -0.05) is 6.07 Å². The first-order valence-corrected chi connectivity index (χ1v) is 5.53. The highest BCUT2D eigenvalue weighted by molar-refractivity contribution is 5.65. The van der Waals surface area contributed by atoms with E-state index in [0.717, 1.165) is 28.5 Å². The fourth-order valence-corrected chi connectivity index (χ4v) is 1.80. The predicted molar refractivity (Wildman–Crippen MR) is 69.0 cm³/mol. The summed E-state index contributed by atoms with van der Waals surface area (Å²) in [6.07, 6.45) is 0. The molecule has 4 heteroatoms. The largest absolute Gasteiger partial charge is 0.497 e. The molecule has 0 aliphatic rings. The van der Waals surface area contributed by atoms with Crippen molar-refractivity contribution in [3.05, 3.63) is 35.7 Å². The molecular weight excluding hydrogens is 214 g/mol. The minimum Gasteiger partial charge on any atom is -0.497 e. The van der Waals surface area contributed by atoms with Gasteiger partial charge in [-0.05, 0) is 26.0 Å². The van der Waals surface area contributed by atoms with E-state index in [1.54, 1.807) is 7.11 Å². The summed E-state index contributed by atoms with van der Waals surface area (Å²) in [4.78, 5) is 0. The highest BCUT2D eigenvalue weighted by Gasteiger charge is 2.09. The molecule has 0 unspecified atom stereocenters. The van der Waals surface area contributed by atoms with E-state index >= 15 is 0 Å². The fraction of sp³-hybridized carbons (Fsp3) is 0.308. The monoisotopic (exact) mass is 231 g/mol. The Morgan fingerprint density at radius 2 is 2.06 bits per heavy atom. The van der Waals surface area contributed by atoms with Gasteiger partial charge in [-0.15, -0.1) is 0 Å². The maximum atomic E-state index is 5.20. The van der Waals surface area contributed by atoms with E-state index in [1.165, 1.54) is 0 Å². The van der Waals surface area contributed by atoms with E-state index in [9.17, 15) is 0 Å². The lowest BCUT2D eigenvalue weighted by molar-refractivity contribution is 0.415. The van der Waals surface area contributed by atoms with Crippen molar-refractivity contribution in [2.45, 2.75) is 13.8 Å². The highest BCUT2D eigenvalue weighted by atomic mass is 16.5. The molecule has 0 spiro atoms. The molecule has 0 fully saturated rings. The van der Waals surface area contributed by atoms with Gasteiger partial charge in [0.2, 0.25) is 0 Å². The first-order chi connectivity index (χ1) is 8.11. The fourth-order valence-electron chi connectivity index (χ4n) is 1.80. The second-order valence-electron chi connectivity index (χ2n) is 4.03. The Bertz CT molecular complexity index is 531. The summed E-state index contributed by atoms with van der Waals surface area (Å²) in [7, 11) is 3.61. The maximum Gasteiger partial charge on any atom is 0.120 e. The number of aryl methyl sites for hydroxylation is 2. The molecule has 1 aromatic heterocycles. The molecule has 17 heavy (non-hydrogen) atoms. The van der Waals surface area contributed by atoms with E-state index < -0.39 is 0 Å². The minimum atomic E-state index is 0.842. The van der Waals surface area contributed by atoms with Crippen LogP contribution in [0.25, 0.3) is 0 Å². The van der Waals surface area contributed by atoms with Gasteiger partial charge < -0.3 is 10.1 Å². The molecule has 1 N–H and O–H groups in total. The molecule has 2 aromatic rings. The van der Waals surface area contributed by atoms with E-state index in [0.29, 0.717) is 0 Å². The lowest BCUT2D eigenvalue weighted by Crippen LogP contribution is -1.95. The van der Waals surface area contributed by atoms with Crippen LogP contribution in [0.2, 0.25) is 0 Å². The van der Waals surface area contributed by atoms with Gasteiger partial charge in [0.15, 0.2) is 0 Å². The number of nitrogens with zero attached hydrogens (tertiary/aromatic N) is 2. The number of ether oxygens (including phenoxy) is 1. The molecule has 0 aliphatic carbocycles. The molecule has 0 amide bonds. The third-order valence-corrected chi connectivity index (χ3v) is 2.85. The third kappa shape index (κ3) is 2.25. The van der Waals surface area contributed by atoms with Crippen molar-refractivity contribution in [3.8, 4) is 5.75 Å². The molecule has 2 rings (SSSR count). The highest BCUT2D eigenvalue weighted by Crippen LogP contribution is 2.25. The van der Waals surface area contributed by atoms with Gasteiger partial charge >= 0.3 is 0 Å². The van der Waals surface area contributed by atoms with Crippen LogP contribution in [-0.4, -0.2) is 16.9 Å². The molecule has 90 valence electrons. The van der Waals surface area contributed by atoms with Crippen LogP contribution in [0.1, 0.15) is 11.4 Å². The SMILES string of the molecule is COc1cccc(Nc2c(C)nn(C)c2C)c1. The summed E-state index contributed by atoms with van der Waals surface area (Å²) in [5.41, 5.74) is 4.17. The van der Waals surface area contributed by atoms with Gasteiger partial charge in [-0.25, -0.2) is 0 Å². The van der Waals surface area contributed by atoms with Gasteiger partial charge in [0, 0.05) is 18.8 Å². The van der Waals surface area contributed by atoms with Gasteiger partial charge in [-0.3, -0.25) is 4.68 Å². The summed E-state index contributed by atoms with van der Waals surface area (Å²) in [6, 6.07) is 7.86. The van der Waals surface area contributed by atoms with Crippen LogP contribution in [0, 0.1) is 13.8 Å². The predicted octanol–water partition coefficient (Wildman–Crippen LogP) is 2.79. The molecule has 1 heterocycles. The molecule has 0 aliphatic heterocycles. The topological polar surface area (TPSA) is 39.1 Å². The molecule has 0 saturated heterocycles. The average Bonchev–Trinajstić information content (AvgIpc) is 2.56. The van der Waals surface area contributed by atoms with Gasteiger partial charge in [0.25, 0.3) is 0 Å². The Kier molecular flexibility index (Phi) is 3.04. The van der Waals surface area contributed by atoms with Crippen molar-refractivity contribution in [1.29, 1.82) is 0 Å². The van der Waals surface area contributed by atoms with Crippen LogP contribution in [0.3, 0.4) is 0 Å². The van der Waals surface area contributed by atoms with Crippen LogP contribution in [-0.2, 0) is 7.05 Å². The number of aromatic nitrogens is 2. The number of benzene rings is 1. The molecule has 0 atom stereocenters. The van der Waals surface area contributed by atoms with E-state index in [1.807, 2.05) is 49.8 Å². The van der Waals surface area contributed by atoms with Gasteiger partial charge in [0.1, 0.15) is 5.75 Å². The normalized spacial score (nSPS) is 10.4. The average molecular weight is 231 g/mol. The Morgan fingerprint density at radius 3 is 2.65 bits per heavy atom. The summed E-state index contributed by atoms with van der Waals surface area (Å²) in [5, 5.41) is 7.74. The first kappa shape index (κ1) is 11.5. The molecule has 1 aromatic carbocycles. The van der Waals surface area contributed by atoms with E-state index in [4.69, 9.17) is 4.74 Å². The Hall–Kier alpha value is -1.97. The molecule has 0 saturated carbocycles. The molecule has 0 radical (unpaired) electrons. The van der Waals surface area contributed by atoms with E-state index in [2.05, 4.69) is 10.4 Å². The van der Waals surface area contributed by atoms with Crippen molar-refractivity contribution in [2.24, 2.45) is 7.05 Å². The van der Waals surface area contributed by atoms with Crippen LogP contribution in [0.15, 0.2) is 24.3 Å². The first-order valence-electron chi connectivity index (χ1n) is 5.53. The third-order valence-electron chi connectivity index (χ3n) is 2.85. The smallest absolute Gasteiger partial charge is 0.120 e. The summed E-state index contributed by atoms with van der Waals surface area (Å²) in [5.74, 6) is 0.842. The van der Waals surface area contributed by atoms with Crippen molar-refractivity contribution in [1.82, 2.24) is 9.78 Å². The van der Waals surface area contributed by atoms with Crippen LogP contribution in [0.5, 0.6) is 5.75 Å².